The molecule has 0 fully saturated rings. The maximum atomic E-state index is 4.94. The van der Waals surface area contributed by atoms with Gasteiger partial charge in [0, 0.05) is 22.7 Å². The van der Waals surface area contributed by atoms with E-state index in [0.29, 0.717) is 0 Å². The van der Waals surface area contributed by atoms with Crippen molar-refractivity contribution in [3.8, 4) is 0 Å². The zero-order valence-corrected chi connectivity index (χ0v) is 19.7. The second-order valence-corrected chi connectivity index (χ2v) is 7.29. The van der Waals surface area contributed by atoms with Crippen LogP contribution in [-0.2, 0) is 42.2 Å². The van der Waals surface area contributed by atoms with Crippen molar-refractivity contribution in [3.63, 3.8) is 0 Å². The summed E-state index contributed by atoms with van der Waals surface area (Å²) in [5.74, 6) is 0. The molecule has 29 heavy (non-hydrogen) atoms. The summed E-state index contributed by atoms with van der Waals surface area (Å²) in [6.45, 7) is 11.1. The Kier molecular flexibility index (Phi) is 11.8. The summed E-state index contributed by atoms with van der Waals surface area (Å²) in [4.78, 5) is 9.70. The first-order chi connectivity index (χ1) is 13.6. The number of aryl methyl sites for hydroxylation is 4. The van der Waals surface area contributed by atoms with Crippen molar-refractivity contribution in [3.05, 3.63) is 58.7 Å². The van der Waals surface area contributed by atoms with Crippen LogP contribution in [0, 0.1) is 0 Å². The molecule has 0 unspecified atom stereocenters. The van der Waals surface area contributed by atoms with E-state index in [1.165, 1.54) is 22.3 Å². The average Bonchev–Trinajstić information content (AvgIpc) is 2.75. The largest absolute Gasteiger partial charge is 0.255 e. The molecule has 0 radical (unpaired) electrons. The van der Waals surface area contributed by atoms with Crippen molar-refractivity contribution in [2.45, 2.75) is 79.6 Å². The predicted molar refractivity (Wildman–Crippen MR) is 125 cm³/mol. The van der Waals surface area contributed by atoms with E-state index >= 15 is 0 Å². The average molecular weight is 435 g/mol. The monoisotopic (exact) mass is 434 g/mol. The van der Waals surface area contributed by atoms with Crippen molar-refractivity contribution in [1.29, 1.82) is 0 Å². The first-order valence-electron chi connectivity index (χ1n) is 11.0. The molecule has 2 nitrogen and oxygen atoms in total. The summed E-state index contributed by atoms with van der Waals surface area (Å²) < 4.78 is 0. The van der Waals surface area contributed by atoms with E-state index in [2.05, 4.69) is 71.0 Å². The van der Waals surface area contributed by atoms with Crippen LogP contribution >= 0.6 is 0 Å². The Bertz CT molecular complexity index is 821. The van der Waals surface area contributed by atoms with Gasteiger partial charge in [-0.3, -0.25) is 9.98 Å². The van der Waals surface area contributed by atoms with E-state index < -0.39 is 0 Å². The molecule has 0 aliphatic rings. The zero-order valence-electron chi connectivity index (χ0n) is 18.7. The van der Waals surface area contributed by atoms with Gasteiger partial charge in [0.05, 0.1) is 17.1 Å². The van der Waals surface area contributed by atoms with E-state index in [1.54, 1.807) is 0 Å². The molecule has 0 bridgehead atoms. The molecule has 0 atom stereocenters. The summed E-state index contributed by atoms with van der Waals surface area (Å²) in [7, 11) is 0. The number of hydrogen-bond acceptors (Lipinski definition) is 2. The molecule has 3 heteroatoms. The van der Waals surface area contributed by atoms with E-state index in [4.69, 9.17) is 9.98 Å². The van der Waals surface area contributed by atoms with Crippen molar-refractivity contribution >= 4 is 23.3 Å². The first kappa shape index (κ1) is 25.3. The summed E-state index contributed by atoms with van der Waals surface area (Å²) in [5.41, 5.74) is 8.77. The Morgan fingerprint density at radius 2 is 1.24 bits per heavy atom. The molecule has 0 N–H and O–H groups in total. The minimum Gasteiger partial charge on any atom is -0.255 e. The predicted octanol–water partition coefficient (Wildman–Crippen LogP) is 7.60. The quantitative estimate of drug-likeness (QED) is 0.271. The molecule has 0 aromatic heterocycles. The van der Waals surface area contributed by atoms with Crippen LogP contribution in [0.5, 0.6) is 0 Å². The molecular weight excluding hydrogens is 399 g/mol. The number of unbranched alkanes of at least 4 members (excludes halogenated alkanes) is 1. The fourth-order valence-electron chi connectivity index (χ4n) is 3.54. The van der Waals surface area contributed by atoms with Gasteiger partial charge in [-0.2, -0.15) is 0 Å². The van der Waals surface area contributed by atoms with Crippen LogP contribution in [0.15, 0.2) is 46.4 Å². The van der Waals surface area contributed by atoms with Gasteiger partial charge < -0.3 is 0 Å². The van der Waals surface area contributed by atoms with Gasteiger partial charge in [-0.1, -0.05) is 53.2 Å². The number of benzene rings is 2. The normalized spacial score (nSPS) is 11.7. The van der Waals surface area contributed by atoms with Crippen molar-refractivity contribution in [1.82, 2.24) is 0 Å². The van der Waals surface area contributed by atoms with E-state index in [1.807, 2.05) is 6.21 Å². The van der Waals surface area contributed by atoms with Gasteiger partial charge in [-0.15, -0.1) is 0 Å². The van der Waals surface area contributed by atoms with Gasteiger partial charge in [-0.25, -0.2) is 0 Å². The van der Waals surface area contributed by atoms with E-state index in [-0.39, 0.29) is 16.5 Å². The third-order valence-corrected chi connectivity index (χ3v) is 5.33. The fraction of sp³-hybridized carbons (Fsp3) is 0.462. The van der Waals surface area contributed by atoms with E-state index in [0.717, 1.165) is 62.0 Å². The Hall–Kier alpha value is -1.73. The van der Waals surface area contributed by atoms with Crippen LogP contribution in [0.1, 0.15) is 76.1 Å². The van der Waals surface area contributed by atoms with Gasteiger partial charge in [0.25, 0.3) is 0 Å². The maximum Gasteiger partial charge on any atom is 0.0636 e. The maximum absolute atomic E-state index is 4.94. The second kappa shape index (κ2) is 13.5. The van der Waals surface area contributed by atoms with Crippen LogP contribution in [0.4, 0.5) is 11.4 Å². The second-order valence-electron chi connectivity index (χ2n) is 7.29. The molecule has 2 aromatic rings. The standard InChI is InChI=1S/C26H36N2.Ni/c1-6-11-12-26(28-25-16-14-21(8-3)23(10-5)18-25)19-27-24-15-13-20(7-2)22(9-4)17-24;/h13-19H,6-12H2,1-5H3;. The Labute approximate surface area is 187 Å². The van der Waals surface area contributed by atoms with Gasteiger partial charge >= 0.3 is 0 Å². The van der Waals surface area contributed by atoms with Gasteiger partial charge in [0.1, 0.15) is 0 Å². The molecule has 2 aromatic carbocycles. The first-order valence-corrected chi connectivity index (χ1v) is 11.0. The minimum atomic E-state index is 0. The van der Waals surface area contributed by atoms with Crippen LogP contribution in [0.3, 0.4) is 0 Å². The Morgan fingerprint density at radius 1 is 0.724 bits per heavy atom. The molecule has 0 aliphatic carbocycles. The topological polar surface area (TPSA) is 24.7 Å². The van der Waals surface area contributed by atoms with Gasteiger partial charge in [0.15, 0.2) is 0 Å². The van der Waals surface area contributed by atoms with Crippen molar-refractivity contribution in [2.24, 2.45) is 9.98 Å². The SMILES string of the molecule is CCCCC(C=Nc1ccc(CC)c(CC)c1)=Nc1ccc(CC)c(CC)c1.[Ni]. The summed E-state index contributed by atoms with van der Waals surface area (Å²) in [6, 6.07) is 13.2. The molecular formula is C26H36N2Ni. The molecule has 160 valence electrons. The molecule has 0 amide bonds. The minimum absolute atomic E-state index is 0. The van der Waals surface area contributed by atoms with Crippen LogP contribution in [0.2, 0.25) is 0 Å². The van der Waals surface area contributed by atoms with Gasteiger partial charge in [0.2, 0.25) is 0 Å². The summed E-state index contributed by atoms with van der Waals surface area (Å²) in [6.07, 6.45) is 9.47. The van der Waals surface area contributed by atoms with Crippen LogP contribution in [-0.4, -0.2) is 11.9 Å². The number of nitrogens with zero attached hydrogens (tertiary/aromatic N) is 2. The van der Waals surface area contributed by atoms with Crippen LogP contribution < -0.4 is 0 Å². The number of rotatable bonds is 10. The molecule has 0 aliphatic heterocycles. The van der Waals surface area contributed by atoms with Gasteiger partial charge in [-0.05, 0) is 85.0 Å². The molecule has 0 spiro atoms. The third-order valence-electron chi connectivity index (χ3n) is 5.33. The Balaban J connectivity index is 0.00000420. The van der Waals surface area contributed by atoms with E-state index in [9.17, 15) is 0 Å². The zero-order chi connectivity index (χ0) is 20.4. The molecule has 0 saturated heterocycles. The van der Waals surface area contributed by atoms with Crippen LogP contribution in [0.25, 0.3) is 0 Å². The number of hydrogen-bond donors (Lipinski definition) is 0. The smallest absolute Gasteiger partial charge is 0.0636 e. The fourth-order valence-corrected chi connectivity index (χ4v) is 3.54. The van der Waals surface area contributed by atoms with Crippen molar-refractivity contribution in [2.75, 3.05) is 0 Å². The number of aliphatic imine (C=N–C) groups is 2. The summed E-state index contributed by atoms with van der Waals surface area (Å²) in [5, 5.41) is 0. The van der Waals surface area contributed by atoms with Crippen molar-refractivity contribution < 1.29 is 16.5 Å². The molecule has 0 saturated carbocycles. The molecule has 0 heterocycles. The third kappa shape index (κ3) is 7.55. The molecule has 2 rings (SSSR count). The Morgan fingerprint density at radius 3 is 1.76 bits per heavy atom. The summed E-state index contributed by atoms with van der Waals surface area (Å²) >= 11 is 0.